The van der Waals surface area contributed by atoms with Gasteiger partial charge in [0.25, 0.3) is 5.91 Å². The summed E-state index contributed by atoms with van der Waals surface area (Å²) >= 11 is 1.88. The number of rotatable bonds is 9. The molecule has 0 radical (unpaired) electrons. The lowest BCUT2D eigenvalue weighted by atomic mass is 10.2. The van der Waals surface area contributed by atoms with Gasteiger partial charge in [0.2, 0.25) is 5.82 Å². The zero-order valence-electron chi connectivity index (χ0n) is 12.0. The van der Waals surface area contributed by atoms with Crippen molar-refractivity contribution in [2.75, 3.05) is 18.6 Å². The molecule has 5 nitrogen and oxygen atoms in total. The number of hydrogen-bond donors (Lipinski definition) is 2. The van der Waals surface area contributed by atoms with Gasteiger partial charge >= 0.3 is 0 Å². The molecule has 0 fully saturated rings. The number of thioether (sulfide) groups is 1. The van der Waals surface area contributed by atoms with Crippen LogP contribution < -0.4 is 5.32 Å². The molecule has 1 amide bonds. The third kappa shape index (κ3) is 6.09. The second-order valence-corrected chi connectivity index (χ2v) is 5.85. The quantitative estimate of drug-likeness (QED) is 0.684. The van der Waals surface area contributed by atoms with Gasteiger partial charge in [-0.25, -0.2) is 4.98 Å². The van der Waals surface area contributed by atoms with E-state index in [1.54, 1.807) is 0 Å². The highest BCUT2D eigenvalue weighted by molar-refractivity contribution is 7.98. The molecule has 6 heteroatoms. The van der Waals surface area contributed by atoms with Crippen molar-refractivity contribution in [2.45, 2.75) is 45.4 Å². The van der Waals surface area contributed by atoms with Crippen LogP contribution in [-0.4, -0.2) is 39.6 Å². The molecule has 108 valence electrons. The molecule has 0 aliphatic heterocycles. The first kappa shape index (κ1) is 16.0. The van der Waals surface area contributed by atoms with E-state index in [0.717, 1.165) is 18.7 Å². The Morgan fingerprint density at radius 1 is 1.32 bits per heavy atom. The van der Waals surface area contributed by atoms with E-state index in [1.165, 1.54) is 18.6 Å². The smallest absolute Gasteiger partial charge is 0.290 e. The molecule has 1 rings (SSSR count). The summed E-state index contributed by atoms with van der Waals surface area (Å²) < 4.78 is 0. The minimum absolute atomic E-state index is 0.188. The van der Waals surface area contributed by atoms with Crippen LogP contribution >= 0.6 is 11.8 Å². The van der Waals surface area contributed by atoms with Crippen molar-refractivity contribution >= 4 is 17.7 Å². The third-order valence-electron chi connectivity index (χ3n) is 2.81. The van der Waals surface area contributed by atoms with E-state index in [0.29, 0.717) is 6.54 Å². The lowest BCUT2D eigenvalue weighted by Gasteiger charge is -2.02. The molecule has 0 bridgehead atoms. The molecule has 0 aromatic carbocycles. The van der Waals surface area contributed by atoms with Crippen LogP contribution in [0, 0.1) is 0 Å². The average Bonchev–Trinajstić information content (AvgIpc) is 2.87. The Balaban J connectivity index is 2.16. The number of nitrogens with one attached hydrogen (secondary N) is 2. The zero-order valence-corrected chi connectivity index (χ0v) is 12.8. The number of unbranched alkanes of at least 4 members (excludes halogenated alkanes) is 3. The fraction of sp³-hybridized carbons (Fsp3) is 0.769. The van der Waals surface area contributed by atoms with Crippen molar-refractivity contribution in [2.24, 2.45) is 0 Å². The van der Waals surface area contributed by atoms with Crippen LogP contribution in [0.5, 0.6) is 0 Å². The lowest BCUT2D eigenvalue weighted by Crippen LogP contribution is -2.25. The normalized spacial score (nSPS) is 10.9. The van der Waals surface area contributed by atoms with Crippen LogP contribution in [0.15, 0.2) is 0 Å². The molecule has 0 saturated heterocycles. The average molecular weight is 284 g/mol. The summed E-state index contributed by atoms with van der Waals surface area (Å²) in [7, 11) is 0. The van der Waals surface area contributed by atoms with Crippen molar-refractivity contribution in [1.29, 1.82) is 0 Å². The summed E-state index contributed by atoms with van der Waals surface area (Å²) in [4.78, 5) is 15.9. The number of hydrogen-bond acceptors (Lipinski definition) is 4. The molecule has 2 N–H and O–H groups in total. The Morgan fingerprint density at radius 2 is 2.05 bits per heavy atom. The number of carbonyl (C=O) groups excluding carboxylic acids is 1. The molecule has 0 aliphatic rings. The van der Waals surface area contributed by atoms with E-state index >= 15 is 0 Å². The van der Waals surface area contributed by atoms with Crippen LogP contribution in [0.4, 0.5) is 0 Å². The van der Waals surface area contributed by atoms with Crippen LogP contribution in [-0.2, 0) is 0 Å². The minimum Gasteiger partial charge on any atom is -0.349 e. The highest BCUT2D eigenvalue weighted by atomic mass is 32.2. The van der Waals surface area contributed by atoms with Crippen LogP contribution in [0.2, 0.25) is 0 Å². The van der Waals surface area contributed by atoms with Gasteiger partial charge in [0, 0.05) is 12.5 Å². The maximum absolute atomic E-state index is 11.8. The van der Waals surface area contributed by atoms with Crippen molar-refractivity contribution in [3.05, 3.63) is 11.6 Å². The van der Waals surface area contributed by atoms with Gasteiger partial charge in [-0.1, -0.05) is 26.7 Å². The molecule has 19 heavy (non-hydrogen) atoms. The molecule has 1 aromatic rings. The van der Waals surface area contributed by atoms with E-state index in [9.17, 15) is 4.79 Å². The second kappa shape index (κ2) is 8.96. The Kier molecular flexibility index (Phi) is 7.55. The van der Waals surface area contributed by atoms with Crippen molar-refractivity contribution in [3.63, 3.8) is 0 Å². The first-order valence-electron chi connectivity index (χ1n) is 6.84. The zero-order chi connectivity index (χ0) is 14.1. The fourth-order valence-electron chi connectivity index (χ4n) is 1.64. The maximum Gasteiger partial charge on any atom is 0.290 e. The van der Waals surface area contributed by atoms with E-state index in [4.69, 9.17) is 0 Å². The summed E-state index contributed by atoms with van der Waals surface area (Å²) in [6.45, 7) is 4.72. The molecule has 1 heterocycles. The lowest BCUT2D eigenvalue weighted by molar-refractivity contribution is 0.0943. The van der Waals surface area contributed by atoms with Crippen molar-refractivity contribution in [1.82, 2.24) is 20.5 Å². The van der Waals surface area contributed by atoms with Crippen LogP contribution in [0.25, 0.3) is 0 Å². The fourth-order valence-corrected chi connectivity index (χ4v) is 2.13. The Hall–Kier alpha value is -1.04. The third-order valence-corrected chi connectivity index (χ3v) is 3.51. The van der Waals surface area contributed by atoms with Gasteiger partial charge in [0.1, 0.15) is 5.82 Å². The predicted octanol–water partition coefficient (Wildman–Crippen LogP) is 2.58. The SMILES string of the molecule is CSCCCCCCNC(=O)c1n[nH]c(C(C)C)n1. The van der Waals surface area contributed by atoms with E-state index in [1.807, 2.05) is 25.6 Å². The van der Waals surface area contributed by atoms with E-state index in [-0.39, 0.29) is 17.6 Å². The topological polar surface area (TPSA) is 70.7 Å². The van der Waals surface area contributed by atoms with Gasteiger partial charge in [0.05, 0.1) is 0 Å². The maximum atomic E-state index is 11.8. The van der Waals surface area contributed by atoms with Gasteiger partial charge in [-0.2, -0.15) is 11.8 Å². The van der Waals surface area contributed by atoms with Gasteiger partial charge in [-0.3, -0.25) is 9.89 Å². The van der Waals surface area contributed by atoms with Crippen LogP contribution in [0.1, 0.15) is 61.9 Å². The van der Waals surface area contributed by atoms with Gasteiger partial charge < -0.3 is 5.32 Å². The van der Waals surface area contributed by atoms with Gasteiger partial charge in [-0.15, -0.1) is 5.10 Å². The Morgan fingerprint density at radius 3 is 2.68 bits per heavy atom. The highest BCUT2D eigenvalue weighted by Crippen LogP contribution is 2.07. The van der Waals surface area contributed by atoms with Gasteiger partial charge in [0.15, 0.2) is 0 Å². The molecular weight excluding hydrogens is 260 g/mol. The molecule has 0 saturated carbocycles. The predicted molar refractivity (Wildman–Crippen MR) is 79.7 cm³/mol. The first-order chi connectivity index (χ1) is 9.15. The first-order valence-corrected chi connectivity index (χ1v) is 8.24. The van der Waals surface area contributed by atoms with Gasteiger partial charge in [-0.05, 0) is 24.9 Å². The molecule has 0 aliphatic carbocycles. The number of nitrogens with zero attached hydrogens (tertiary/aromatic N) is 2. The van der Waals surface area contributed by atoms with Crippen molar-refractivity contribution in [3.8, 4) is 0 Å². The molecule has 0 atom stereocenters. The second-order valence-electron chi connectivity index (χ2n) is 4.86. The molecular formula is C13H24N4OS. The summed E-state index contributed by atoms with van der Waals surface area (Å²) in [5.74, 6) is 2.28. The molecule has 0 spiro atoms. The van der Waals surface area contributed by atoms with E-state index < -0.39 is 0 Å². The summed E-state index contributed by atoms with van der Waals surface area (Å²) in [5, 5.41) is 9.57. The van der Waals surface area contributed by atoms with Crippen LogP contribution in [0.3, 0.4) is 0 Å². The number of amides is 1. The Labute approximate surface area is 119 Å². The highest BCUT2D eigenvalue weighted by Gasteiger charge is 2.13. The standard InChI is InChI=1S/C13H24N4OS/c1-10(2)11-15-12(17-16-11)13(18)14-8-6-4-5-7-9-19-3/h10H,4-9H2,1-3H3,(H,14,18)(H,15,16,17). The number of aromatic amines is 1. The summed E-state index contributed by atoms with van der Waals surface area (Å²) in [5.41, 5.74) is 0. The monoisotopic (exact) mass is 284 g/mol. The number of carbonyl (C=O) groups is 1. The summed E-state index contributed by atoms with van der Waals surface area (Å²) in [6.07, 6.45) is 6.79. The Bertz CT molecular complexity index is 378. The summed E-state index contributed by atoms with van der Waals surface area (Å²) in [6, 6.07) is 0. The molecule has 0 unspecified atom stereocenters. The van der Waals surface area contributed by atoms with Crippen molar-refractivity contribution < 1.29 is 4.79 Å². The van der Waals surface area contributed by atoms with E-state index in [2.05, 4.69) is 26.8 Å². The minimum atomic E-state index is -0.188. The number of aromatic nitrogens is 3. The number of H-pyrrole nitrogens is 1. The molecule has 1 aromatic heterocycles. The largest absolute Gasteiger partial charge is 0.349 e.